The number of nitrogen functional groups attached to an aromatic ring is 1. The van der Waals surface area contributed by atoms with Crippen molar-refractivity contribution in [3.63, 3.8) is 0 Å². The second-order valence-corrected chi connectivity index (χ2v) is 6.73. The van der Waals surface area contributed by atoms with E-state index in [1.54, 1.807) is 12.4 Å². The highest BCUT2D eigenvalue weighted by Crippen LogP contribution is 2.39. The van der Waals surface area contributed by atoms with Crippen LogP contribution in [-0.4, -0.2) is 72.0 Å². The third-order valence-electron chi connectivity index (χ3n) is 5.14. The van der Waals surface area contributed by atoms with Crippen LogP contribution in [0.5, 0.6) is 0 Å². The lowest BCUT2D eigenvalue weighted by Gasteiger charge is -2.31. The summed E-state index contributed by atoms with van der Waals surface area (Å²) in [6, 6.07) is 0.339. The molecule has 2 fully saturated rings. The fraction of sp³-hybridized carbons (Fsp3) is 0.529. The van der Waals surface area contributed by atoms with Crippen molar-refractivity contribution in [2.45, 2.75) is 12.5 Å². The molecule has 0 aromatic carbocycles. The summed E-state index contributed by atoms with van der Waals surface area (Å²) in [5, 5.41) is 0. The summed E-state index contributed by atoms with van der Waals surface area (Å²) in [5.41, 5.74) is 7.60. The molecule has 0 spiro atoms. The number of hydrogen-bond acceptors (Lipinski definition) is 9. The smallest absolute Gasteiger partial charge is 0.219 e. The van der Waals surface area contributed by atoms with Crippen LogP contribution in [0.4, 0.5) is 17.6 Å². The molecule has 0 amide bonds. The number of fused-ring (bicyclic) bond motifs is 3. The average Bonchev–Trinajstić information content (AvgIpc) is 3.07. The second-order valence-electron chi connectivity index (χ2n) is 6.73. The molecule has 5 rings (SSSR count). The Morgan fingerprint density at radius 3 is 2.50 bits per heavy atom. The molecule has 2 aromatic heterocycles. The van der Waals surface area contributed by atoms with Crippen LogP contribution >= 0.6 is 0 Å². The van der Waals surface area contributed by atoms with E-state index in [1.165, 1.54) is 5.56 Å². The molecule has 5 heterocycles. The maximum atomic E-state index is 5.67. The molecule has 2 N–H and O–H groups in total. The Bertz CT molecular complexity index is 808. The molecule has 3 aliphatic rings. The van der Waals surface area contributed by atoms with Crippen molar-refractivity contribution in [1.29, 1.82) is 0 Å². The summed E-state index contributed by atoms with van der Waals surface area (Å²) < 4.78 is 11.2. The predicted octanol–water partition coefficient (Wildman–Crippen LogP) is 0.114. The number of aromatic nitrogens is 4. The van der Waals surface area contributed by atoms with Gasteiger partial charge in [-0.05, 0) is 0 Å². The highest BCUT2D eigenvalue weighted by Gasteiger charge is 2.37. The van der Waals surface area contributed by atoms with Gasteiger partial charge in [-0.2, -0.15) is 0 Å². The van der Waals surface area contributed by atoms with E-state index in [1.807, 2.05) is 0 Å². The molecule has 9 nitrogen and oxygen atoms in total. The molecule has 0 bridgehead atoms. The fourth-order valence-corrected chi connectivity index (χ4v) is 3.84. The van der Waals surface area contributed by atoms with Crippen molar-refractivity contribution in [1.82, 2.24) is 19.9 Å². The van der Waals surface area contributed by atoms with Gasteiger partial charge in [0.25, 0.3) is 0 Å². The van der Waals surface area contributed by atoms with Crippen LogP contribution in [0.2, 0.25) is 0 Å². The molecule has 0 unspecified atom stereocenters. The van der Waals surface area contributed by atoms with Crippen molar-refractivity contribution < 1.29 is 9.47 Å². The van der Waals surface area contributed by atoms with Crippen molar-refractivity contribution in [2.75, 3.05) is 61.6 Å². The predicted molar refractivity (Wildman–Crippen MR) is 96.2 cm³/mol. The van der Waals surface area contributed by atoms with E-state index in [0.29, 0.717) is 11.9 Å². The van der Waals surface area contributed by atoms with Gasteiger partial charge in [0, 0.05) is 44.0 Å². The summed E-state index contributed by atoms with van der Waals surface area (Å²) >= 11 is 0. The van der Waals surface area contributed by atoms with Gasteiger partial charge in [0.2, 0.25) is 5.95 Å². The Morgan fingerprint density at radius 2 is 1.69 bits per heavy atom. The minimum Gasteiger partial charge on any atom is -0.378 e. The van der Waals surface area contributed by atoms with E-state index in [-0.39, 0.29) is 5.95 Å². The minimum absolute atomic E-state index is 0.247. The normalized spacial score (nSPS) is 22.2. The molecule has 26 heavy (non-hydrogen) atoms. The monoisotopic (exact) mass is 355 g/mol. The first-order valence-corrected chi connectivity index (χ1v) is 8.95. The summed E-state index contributed by atoms with van der Waals surface area (Å²) in [4.78, 5) is 22.6. The van der Waals surface area contributed by atoms with Gasteiger partial charge in [0.05, 0.1) is 38.0 Å². The molecular weight excluding hydrogens is 334 g/mol. The first kappa shape index (κ1) is 15.7. The van der Waals surface area contributed by atoms with Crippen molar-refractivity contribution >= 4 is 17.6 Å². The summed E-state index contributed by atoms with van der Waals surface area (Å²) in [6.07, 6.45) is 4.28. The molecule has 0 aliphatic carbocycles. The molecule has 3 aliphatic heterocycles. The maximum absolute atomic E-state index is 5.67. The van der Waals surface area contributed by atoms with E-state index >= 15 is 0 Å². The lowest BCUT2D eigenvalue weighted by molar-refractivity contribution is 0.0973. The largest absolute Gasteiger partial charge is 0.378 e. The van der Waals surface area contributed by atoms with Gasteiger partial charge in [-0.3, -0.25) is 0 Å². The van der Waals surface area contributed by atoms with Crippen LogP contribution in [0.25, 0.3) is 11.4 Å². The number of ether oxygens (including phenoxy) is 2. The Labute approximate surface area is 151 Å². The van der Waals surface area contributed by atoms with Crippen LogP contribution in [0.15, 0.2) is 12.4 Å². The Balaban J connectivity index is 1.62. The van der Waals surface area contributed by atoms with Gasteiger partial charge in [-0.15, -0.1) is 0 Å². The summed E-state index contributed by atoms with van der Waals surface area (Å²) in [6.45, 7) is 5.43. The Kier molecular flexibility index (Phi) is 3.83. The highest BCUT2D eigenvalue weighted by molar-refractivity contribution is 5.70. The lowest BCUT2D eigenvalue weighted by atomic mass is 10.1. The standard InChI is InChI=1S/C17H21N7O2/c18-17-19-8-11(9-20-17)14-21-15(23-1-4-25-5-2-23)13-7-12-10-26-6-3-24(12)16(13)22-14/h8-9,12H,1-7,10H2,(H2,18,19,20)/t12-/m1/s1. The van der Waals surface area contributed by atoms with Gasteiger partial charge in [-0.1, -0.05) is 0 Å². The van der Waals surface area contributed by atoms with E-state index < -0.39 is 0 Å². The molecule has 9 heteroatoms. The number of nitrogens with two attached hydrogens (primary N) is 1. The summed E-state index contributed by atoms with van der Waals surface area (Å²) in [5.74, 6) is 2.90. The van der Waals surface area contributed by atoms with Crippen LogP contribution in [0.1, 0.15) is 5.56 Å². The quantitative estimate of drug-likeness (QED) is 0.804. The maximum Gasteiger partial charge on any atom is 0.219 e. The average molecular weight is 355 g/mol. The van der Waals surface area contributed by atoms with Crippen LogP contribution < -0.4 is 15.5 Å². The molecule has 2 saturated heterocycles. The lowest BCUT2D eigenvalue weighted by Crippen LogP contribution is -2.43. The van der Waals surface area contributed by atoms with Gasteiger partial charge in [0.15, 0.2) is 5.82 Å². The number of anilines is 3. The van der Waals surface area contributed by atoms with Crippen LogP contribution in [0, 0.1) is 0 Å². The van der Waals surface area contributed by atoms with Crippen molar-refractivity contribution in [2.24, 2.45) is 0 Å². The minimum atomic E-state index is 0.247. The SMILES string of the molecule is Nc1ncc(-c2nc(N3CCOCC3)c3c(n2)N2CCOC[C@H]2C3)cn1. The van der Waals surface area contributed by atoms with Crippen LogP contribution in [-0.2, 0) is 15.9 Å². The Hall–Kier alpha value is -2.52. The Morgan fingerprint density at radius 1 is 0.962 bits per heavy atom. The third kappa shape index (κ3) is 2.63. The van der Waals surface area contributed by atoms with Crippen LogP contribution in [0.3, 0.4) is 0 Å². The first-order chi connectivity index (χ1) is 12.8. The van der Waals surface area contributed by atoms with E-state index in [9.17, 15) is 0 Å². The molecule has 2 aromatic rings. The first-order valence-electron chi connectivity index (χ1n) is 8.95. The second kappa shape index (κ2) is 6.33. The molecule has 136 valence electrons. The summed E-state index contributed by atoms with van der Waals surface area (Å²) in [7, 11) is 0. The number of morpholine rings is 2. The fourth-order valence-electron chi connectivity index (χ4n) is 3.84. The third-order valence-corrected chi connectivity index (χ3v) is 5.14. The number of hydrogen-bond donors (Lipinski definition) is 1. The van der Waals surface area contributed by atoms with Crippen molar-refractivity contribution in [3.05, 3.63) is 18.0 Å². The molecular formula is C17H21N7O2. The zero-order chi connectivity index (χ0) is 17.5. The zero-order valence-electron chi connectivity index (χ0n) is 14.5. The highest BCUT2D eigenvalue weighted by atomic mass is 16.5. The van der Waals surface area contributed by atoms with E-state index in [0.717, 1.165) is 69.7 Å². The van der Waals surface area contributed by atoms with Crippen molar-refractivity contribution in [3.8, 4) is 11.4 Å². The van der Waals surface area contributed by atoms with E-state index in [4.69, 9.17) is 25.2 Å². The van der Waals surface area contributed by atoms with Gasteiger partial charge < -0.3 is 25.0 Å². The topological polar surface area (TPSA) is 103 Å². The van der Waals surface area contributed by atoms with E-state index in [2.05, 4.69) is 19.8 Å². The molecule has 1 atom stereocenters. The zero-order valence-corrected chi connectivity index (χ0v) is 14.5. The van der Waals surface area contributed by atoms with Gasteiger partial charge in [-0.25, -0.2) is 19.9 Å². The molecule has 0 saturated carbocycles. The number of rotatable bonds is 2. The van der Waals surface area contributed by atoms with Gasteiger partial charge >= 0.3 is 0 Å². The molecule has 0 radical (unpaired) electrons. The number of nitrogens with zero attached hydrogens (tertiary/aromatic N) is 6. The van der Waals surface area contributed by atoms with Gasteiger partial charge in [0.1, 0.15) is 11.6 Å².